The molecule has 0 heterocycles. The Morgan fingerprint density at radius 2 is 1.85 bits per heavy atom. The summed E-state index contributed by atoms with van der Waals surface area (Å²) in [6, 6.07) is 3.45. The van der Waals surface area contributed by atoms with Crippen LogP contribution in [0.2, 0.25) is 0 Å². The van der Waals surface area contributed by atoms with Crippen molar-refractivity contribution >= 4 is 0 Å². The molecule has 4 nitrogen and oxygen atoms in total. The standard InChI is InChI=1S/C14H22F2N2O2/c1-14(20,9-18(2)3)8-17-7-12(19)13-10(15)5-4-6-11(13)16/h4-6,12,17,19-20H,7-9H2,1-3H3. The van der Waals surface area contributed by atoms with Crippen LogP contribution in [-0.4, -0.2) is 54.4 Å². The summed E-state index contributed by atoms with van der Waals surface area (Å²) in [5, 5.41) is 22.7. The van der Waals surface area contributed by atoms with E-state index in [9.17, 15) is 19.0 Å². The van der Waals surface area contributed by atoms with Crippen LogP contribution < -0.4 is 5.32 Å². The van der Waals surface area contributed by atoms with Gasteiger partial charge in [0.1, 0.15) is 11.6 Å². The van der Waals surface area contributed by atoms with Crippen LogP contribution in [0.3, 0.4) is 0 Å². The van der Waals surface area contributed by atoms with Crippen LogP contribution in [0.4, 0.5) is 8.78 Å². The minimum absolute atomic E-state index is 0.0402. The van der Waals surface area contributed by atoms with Crippen LogP contribution in [0.1, 0.15) is 18.6 Å². The van der Waals surface area contributed by atoms with Gasteiger partial charge in [0.2, 0.25) is 0 Å². The summed E-state index contributed by atoms with van der Waals surface area (Å²) in [4.78, 5) is 1.83. The molecule has 0 aliphatic heterocycles. The minimum Gasteiger partial charge on any atom is -0.388 e. The second-order valence-corrected chi connectivity index (χ2v) is 5.52. The number of benzene rings is 1. The Morgan fingerprint density at radius 3 is 2.35 bits per heavy atom. The van der Waals surface area contributed by atoms with Gasteiger partial charge in [-0.05, 0) is 33.2 Å². The predicted octanol–water partition coefficient (Wildman–Crippen LogP) is 0.900. The molecule has 114 valence electrons. The molecular weight excluding hydrogens is 266 g/mol. The largest absolute Gasteiger partial charge is 0.388 e. The van der Waals surface area contributed by atoms with Crippen molar-refractivity contribution in [1.29, 1.82) is 0 Å². The fourth-order valence-electron chi connectivity index (χ4n) is 2.15. The third-order valence-corrected chi connectivity index (χ3v) is 2.83. The molecule has 2 atom stereocenters. The maximum absolute atomic E-state index is 13.5. The summed E-state index contributed by atoms with van der Waals surface area (Å²) in [5.74, 6) is -1.56. The SMILES string of the molecule is CN(C)CC(C)(O)CNCC(O)c1c(F)cccc1F. The van der Waals surface area contributed by atoms with Gasteiger partial charge in [0.05, 0.1) is 17.3 Å². The van der Waals surface area contributed by atoms with E-state index >= 15 is 0 Å². The lowest BCUT2D eigenvalue weighted by Crippen LogP contribution is -2.46. The van der Waals surface area contributed by atoms with Crippen LogP contribution in [0.25, 0.3) is 0 Å². The summed E-state index contributed by atoms with van der Waals surface area (Å²) in [6.45, 7) is 2.25. The number of nitrogens with one attached hydrogen (secondary N) is 1. The van der Waals surface area contributed by atoms with E-state index < -0.39 is 23.3 Å². The third kappa shape index (κ3) is 5.13. The zero-order chi connectivity index (χ0) is 15.3. The Balaban J connectivity index is 2.54. The quantitative estimate of drug-likeness (QED) is 0.698. The molecule has 0 radical (unpaired) electrons. The molecule has 3 N–H and O–H groups in total. The zero-order valence-corrected chi connectivity index (χ0v) is 12.0. The van der Waals surface area contributed by atoms with Crippen molar-refractivity contribution < 1.29 is 19.0 Å². The Morgan fingerprint density at radius 1 is 1.30 bits per heavy atom. The van der Waals surface area contributed by atoms with Crippen LogP contribution in [0.5, 0.6) is 0 Å². The average Bonchev–Trinajstić information content (AvgIpc) is 2.26. The Hall–Kier alpha value is -1.08. The molecule has 0 bridgehead atoms. The highest BCUT2D eigenvalue weighted by molar-refractivity contribution is 5.22. The first-order chi connectivity index (χ1) is 9.23. The number of aliphatic hydroxyl groups excluding tert-OH is 1. The van der Waals surface area contributed by atoms with Crippen LogP contribution in [0.15, 0.2) is 18.2 Å². The summed E-state index contributed by atoms with van der Waals surface area (Å²) in [6.07, 6.45) is -1.30. The van der Waals surface area contributed by atoms with Crippen molar-refractivity contribution in [2.24, 2.45) is 0 Å². The molecular formula is C14H22F2N2O2. The van der Waals surface area contributed by atoms with Crippen molar-refractivity contribution in [3.8, 4) is 0 Å². The molecule has 0 saturated carbocycles. The molecule has 20 heavy (non-hydrogen) atoms. The number of aliphatic hydroxyl groups is 2. The van der Waals surface area contributed by atoms with Crippen molar-refractivity contribution in [2.45, 2.75) is 18.6 Å². The van der Waals surface area contributed by atoms with E-state index in [0.717, 1.165) is 12.1 Å². The lowest BCUT2D eigenvalue weighted by molar-refractivity contribution is 0.0306. The number of rotatable bonds is 7. The monoisotopic (exact) mass is 288 g/mol. The van der Waals surface area contributed by atoms with Gasteiger partial charge in [-0.3, -0.25) is 0 Å². The van der Waals surface area contributed by atoms with Gasteiger partial charge >= 0.3 is 0 Å². The lowest BCUT2D eigenvalue weighted by atomic mass is 10.1. The van der Waals surface area contributed by atoms with Crippen LogP contribution >= 0.6 is 0 Å². The summed E-state index contributed by atoms with van der Waals surface area (Å²) < 4.78 is 26.9. The molecule has 0 aliphatic rings. The summed E-state index contributed by atoms with van der Waals surface area (Å²) in [5.41, 5.74) is -1.34. The number of hydrogen-bond donors (Lipinski definition) is 3. The van der Waals surface area contributed by atoms with Gasteiger partial charge < -0.3 is 20.4 Å². The molecule has 1 rings (SSSR count). The predicted molar refractivity (Wildman–Crippen MR) is 73.4 cm³/mol. The topological polar surface area (TPSA) is 55.7 Å². The molecule has 0 amide bonds. The first-order valence-corrected chi connectivity index (χ1v) is 6.43. The number of halogens is 2. The van der Waals surface area contributed by atoms with Crippen molar-refractivity contribution in [2.75, 3.05) is 33.7 Å². The Kier molecular flexibility index (Phi) is 6.01. The minimum atomic E-state index is -1.30. The molecule has 0 aromatic heterocycles. The fourth-order valence-corrected chi connectivity index (χ4v) is 2.15. The normalized spacial score (nSPS) is 16.2. The molecule has 6 heteroatoms. The summed E-state index contributed by atoms with van der Waals surface area (Å²) >= 11 is 0. The van der Waals surface area contributed by atoms with Gasteiger partial charge in [0, 0.05) is 19.6 Å². The van der Waals surface area contributed by atoms with Crippen LogP contribution in [0, 0.1) is 11.6 Å². The lowest BCUT2D eigenvalue weighted by Gasteiger charge is -2.27. The molecule has 0 saturated heterocycles. The first-order valence-electron chi connectivity index (χ1n) is 6.43. The van der Waals surface area contributed by atoms with Gasteiger partial charge in [0.25, 0.3) is 0 Å². The highest BCUT2D eigenvalue weighted by Gasteiger charge is 2.22. The van der Waals surface area contributed by atoms with Crippen molar-refractivity contribution in [3.63, 3.8) is 0 Å². The average molecular weight is 288 g/mol. The van der Waals surface area contributed by atoms with Crippen molar-refractivity contribution in [1.82, 2.24) is 10.2 Å². The molecule has 1 aromatic rings. The highest BCUT2D eigenvalue weighted by Crippen LogP contribution is 2.20. The van der Waals surface area contributed by atoms with Gasteiger partial charge in [-0.2, -0.15) is 0 Å². The van der Waals surface area contributed by atoms with E-state index in [-0.39, 0.29) is 18.7 Å². The second kappa shape index (κ2) is 7.08. The zero-order valence-electron chi connectivity index (χ0n) is 12.0. The second-order valence-electron chi connectivity index (χ2n) is 5.52. The fraction of sp³-hybridized carbons (Fsp3) is 0.571. The van der Waals surface area contributed by atoms with Crippen LogP contribution in [-0.2, 0) is 0 Å². The first kappa shape index (κ1) is 17.0. The maximum Gasteiger partial charge on any atom is 0.131 e. The number of likely N-dealkylation sites (N-methyl/N-ethyl adjacent to an activating group) is 1. The van der Waals surface area contributed by atoms with E-state index in [2.05, 4.69) is 5.32 Å². The van der Waals surface area contributed by atoms with Gasteiger partial charge in [-0.25, -0.2) is 8.78 Å². The van der Waals surface area contributed by atoms with E-state index in [1.54, 1.807) is 6.92 Å². The van der Waals surface area contributed by atoms with E-state index in [4.69, 9.17) is 0 Å². The summed E-state index contributed by atoms with van der Waals surface area (Å²) in [7, 11) is 3.66. The van der Waals surface area contributed by atoms with Crippen molar-refractivity contribution in [3.05, 3.63) is 35.4 Å². The van der Waals surface area contributed by atoms with E-state index in [1.165, 1.54) is 6.07 Å². The van der Waals surface area contributed by atoms with Gasteiger partial charge in [-0.1, -0.05) is 6.07 Å². The smallest absolute Gasteiger partial charge is 0.131 e. The molecule has 0 aliphatic carbocycles. The van der Waals surface area contributed by atoms with Gasteiger partial charge in [-0.15, -0.1) is 0 Å². The maximum atomic E-state index is 13.5. The molecule has 0 fully saturated rings. The highest BCUT2D eigenvalue weighted by atomic mass is 19.1. The number of nitrogens with zero attached hydrogens (tertiary/aromatic N) is 1. The molecule has 1 aromatic carbocycles. The van der Waals surface area contributed by atoms with Gasteiger partial charge in [0.15, 0.2) is 0 Å². The third-order valence-electron chi connectivity index (χ3n) is 2.83. The van der Waals surface area contributed by atoms with E-state index in [0.29, 0.717) is 6.54 Å². The number of hydrogen-bond acceptors (Lipinski definition) is 4. The molecule has 0 spiro atoms. The van der Waals surface area contributed by atoms with E-state index in [1.807, 2.05) is 19.0 Å². The Labute approximate surface area is 118 Å². The molecule has 2 unspecified atom stereocenters. The Bertz CT molecular complexity index is 419.